The Morgan fingerprint density at radius 3 is 2.75 bits per heavy atom. The van der Waals surface area contributed by atoms with Crippen molar-refractivity contribution >= 4 is 21.9 Å². The highest BCUT2D eigenvalue weighted by atomic mass is 32.2. The molecule has 2 N–H and O–H groups in total. The van der Waals surface area contributed by atoms with Crippen molar-refractivity contribution in [1.82, 2.24) is 4.31 Å². The van der Waals surface area contributed by atoms with E-state index in [0.29, 0.717) is 5.69 Å². The number of aliphatic carboxylic acids is 1. The second kappa shape index (κ2) is 5.80. The Bertz CT molecular complexity index is 613. The Balaban J connectivity index is 2.06. The molecule has 0 spiro atoms. The summed E-state index contributed by atoms with van der Waals surface area (Å²) in [6.07, 6.45) is 2.90. The second-order valence-corrected chi connectivity index (χ2v) is 6.69. The molecule has 0 aromatic heterocycles. The van der Waals surface area contributed by atoms with Gasteiger partial charge in [0.05, 0.1) is 12.1 Å². The summed E-state index contributed by atoms with van der Waals surface area (Å²) < 4.78 is 27.6. The first-order chi connectivity index (χ1) is 9.38. The number of nitrogens with zero attached hydrogens (tertiary/aromatic N) is 1. The molecule has 0 unspecified atom stereocenters. The number of carbonyl (C=O) groups is 1. The summed E-state index contributed by atoms with van der Waals surface area (Å²) in [5.74, 6) is -1.02. The molecule has 0 fully saturated rings. The van der Waals surface area contributed by atoms with Gasteiger partial charge in [0, 0.05) is 13.6 Å². The van der Waals surface area contributed by atoms with Gasteiger partial charge in [-0.05, 0) is 42.5 Å². The Labute approximate surface area is 118 Å². The molecule has 0 saturated heterocycles. The highest BCUT2D eigenvalue weighted by Crippen LogP contribution is 2.25. The molecule has 0 atom stereocenters. The van der Waals surface area contributed by atoms with Gasteiger partial charge in [-0.2, -0.15) is 12.7 Å². The van der Waals surface area contributed by atoms with Crippen molar-refractivity contribution in [2.75, 3.05) is 18.3 Å². The van der Waals surface area contributed by atoms with Crippen LogP contribution >= 0.6 is 0 Å². The first kappa shape index (κ1) is 14.8. The average Bonchev–Trinajstić information content (AvgIpc) is 2.82. The molecule has 1 aromatic rings. The fourth-order valence-corrected chi connectivity index (χ4v) is 3.15. The van der Waals surface area contributed by atoms with Gasteiger partial charge in [0.2, 0.25) is 0 Å². The van der Waals surface area contributed by atoms with Gasteiger partial charge in [0.1, 0.15) is 0 Å². The van der Waals surface area contributed by atoms with Crippen LogP contribution in [0.15, 0.2) is 18.2 Å². The predicted molar refractivity (Wildman–Crippen MR) is 75.9 cm³/mol. The van der Waals surface area contributed by atoms with E-state index in [1.54, 1.807) is 6.07 Å². The summed E-state index contributed by atoms with van der Waals surface area (Å²) in [6, 6.07) is 5.54. The van der Waals surface area contributed by atoms with Crippen molar-refractivity contribution in [3.05, 3.63) is 29.3 Å². The number of rotatable bonds is 6. The zero-order chi connectivity index (χ0) is 14.8. The quantitative estimate of drug-likeness (QED) is 0.827. The number of aryl methyl sites for hydroxylation is 2. The average molecular weight is 298 g/mol. The molecule has 0 aliphatic heterocycles. The standard InChI is InChI=1S/C13H18N2O4S/c1-15(8-7-13(16)17)20(18,19)14-12-6-5-10-3-2-4-11(10)9-12/h5-6,9,14H,2-4,7-8H2,1H3,(H,16,17). The van der Waals surface area contributed by atoms with Gasteiger partial charge in [-0.15, -0.1) is 0 Å². The summed E-state index contributed by atoms with van der Waals surface area (Å²) in [6.45, 7) is -0.0599. The van der Waals surface area contributed by atoms with Crippen molar-refractivity contribution in [2.24, 2.45) is 0 Å². The number of hydrogen-bond donors (Lipinski definition) is 2. The Morgan fingerprint density at radius 2 is 2.05 bits per heavy atom. The molecule has 7 heteroatoms. The lowest BCUT2D eigenvalue weighted by Crippen LogP contribution is -2.34. The van der Waals surface area contributed by atoms with E-state index in [-0.39, 0.29) is 13.0 Å². The zero-order valence-corrected chi connectivity index (χ0v) is 12.1. The third-order valence-electron chi connectivity index (χ3n) is 3.40. The number of fused-ring (bicyclic) bond motifs is 1. The fraction of sp³-hybridized carbons (Fsp3) is 0.462. The molecule has 6 nitrogen and oxygen atoms in total. The van der Waals surface area contributed by atoms with E-state index in [9.17, 15) is 13.2 Å². The van der Waals surface area contributed by atoms with Gasteiger partial charge in [0.25, 0.3) is 0 Å². The highest BCUT2D eigenvalue weighted by Gasteiger charge is 2.19. The summed E-state index contributed by atoms with van der Waals surface area (Å²) in [5.41, 5.74) is 2.97. The molecule has 2 rings (SSSR count). The normalized spacial score (nSPS) is 14.3. The molecule has 1 aliphatic carbocycles. The van der Waals surface area contributed by atoms with Crippen molar-refractivity contribution in [3.63, 3.8) is 0 Å². The Hall–Kier alpha value is -1.60. The summed E-state index contributed by atoms with van der Waals surface area (Å²) >= 11 is 0. The molecule has 0 radical (unpaired) electrons. The molecular weight excluding hydrogens is 280 g/mol. The summed E-state index contributed by atoms with van der Waals surface area (Å²) in [7, 11) is -2.35. The van der Waals surface area contributed by atoms with Crippen molar-refractivity contribution in [3.8, 4) is 0 Å². The van der Waals surface area contributed by atoms with E-state index < -0.39 is 16.2 Å². The molecule has 20 heavy (non-hydrogen) atoms. The molecular formula is C13H18N2O4S. The third kappa shape index (κ3) is 3.49. The van der Waals surface area contributed by atoms with E-state index in [1.807, 2.05) is 12.1 Å². The number of carboxylic acid groups (broad SMARTS) is 1. The molecule has 0 heterocycles. The smallest absolute Gasteiger partial charge is 0.304 e. The Kier molecular flexibility index (Phi) is 4.29. The van der Waals surface area contributed by atoms with Gasteiger partial charge < -0.3 is 5.11 Å². The molecule has 1 aliphatic rings. The molecule has 0 amide bonds. The molecule has 1 aromatic carbocycles. The van der Waals surface area contributed by atoms with Gasteiger partial charge in [-0.3, -0.25) is 9.52 Å². The maximum absolute atomic E-state index is 12.0. The van der Waals surface area contributed by atoms with Crippen LogP contribution in [0.1, 0.15) is 24.0 Å². The van der Waals surface area contributed by atoms with E-state index >= 15 is 0 Å². The first-order valence-corrected chi connectivity index (χ1v) is 7.90. The third-order valence-corrected chi connectivity index (χ3v) is 4.89. The maximum atomic E-state index is 12.0. The van der Waals surface area contributed by atoms with Crippen LogP contribution in [0, 0.1) is 0 Å². The van der Waals surface area contributed by atoms with Gasteiger partial charge in [-0.25, -0.2) is 0 Å². The first-order valence-electron chi connectivity index (χ1n) is 6.46. The number of benzene rings is 1. The van der Waals surface area contributed by atoms with Crippen LogP contribution in [-0.4, -0.2) is 37.4 Å². The van der Waals surface area contributed by atoms with Crippen LogP contribution in [-0.2, 0) is 27.8 Å². The number of anilines is 1. The summed E-state index contributed by atoms with van der Waals surface area (Å²) in [4.78, 5) is 10.5. The van der Waals surface area contributed by atoms with Crippen LogP contribution in [0.5, 0.6) is 0 Å². The minimum absolute atomic E-state index is 0.0599. The minimum Gasteiger partial charge on any atom is -0.481 e. The van der Waals surface area contributed by atoms with Crippen LogP contribution in [0.4, 0.5) is 5.69 Å². The van der Waals surface area contributed by atoms with E-state index in [4.69, 9.17) is 5.11 Å². The number of hydrogen-bond acceptors (Lipinski definition) is 3. The van der Waals surface area contributed by atoms with Crippen molar-refractivity contribution < 1.29 is 18.3 Å². The summed E-state index contributed by atoms with van der Waals surface area (Å²) in [5, 5.41) is 8.58. The monoisotopic (exact) mass is 298 g/mol. The van der Waals surface area contributed by atoms with Crippen LogP contribution in [0.2, 0.25) is 0 Å². The molecule has 0 saturated carbocycles. The fourth-order valence-electron chi connectivity index (χ4n) is 2.24. The Morgan fingerprint density at radius 1 is 1.35 bits per heavy atom. The van der Waals surface area contributed by atoms with Gasteiger partial charge in [0.15, 0.2) is 0 Å². The topological polar surface area (TPSA) is 86.7 Å². The SMILES string of the molecule is CN(CCC(=O)O)S(=O)(=O)Nc1ccc2c(c1)CCC2. The van der Waals surface area contributed by atoms with Gasteiger partial charge in [-0.1, -0.05) is 6.07 Å². The zero-order valence-electron chi connectivity index (χ0n) is 11.3. The van der Waals surface area contributed by atoms with E-state index in [1.165, 1.54) is 18.2 Å². The van der Waals surface area contributed by atoms with Crippen LogP contribution < -0.4 is 4.72 Å². The van der Waals surface area contributed by atoms with E-state index in [0.717, 1.165) is 23.6 Å². The van der Waals surface area contributed by atoms with Crippen molar-refractivity contribution in [1.29, 1.82) is 0 Å². The highest BCUT2D eigenvalue weighted by molar-refractivity contribution is 7.90. The number of nitrogens with one attached hydrogen (secondary N) is 1. The van der Waals surface area contributed by atoms with Gasteiger partial charge >= 0.3 is 16.2 Å². The molecule has 110 valence electrons. The van der Waals surface area contributed by atoms with Crippen LogP contribution in [0.3, 0.4) is 0 Å². The lowest BCUT2D eigenvalue weighted by atomic mass is 10.1. The maximum Gasteiger partial charge on any atom is 0.304 e. The predicted octanol–water partition coefficient (Wildman–Crippen LogP) is 1.24. The van der Waals surface area contributed by atoms with Crippen LogP contribution in [0.25, 0.3) is 0 Å². The lowest BCUT2D eigenvalue weighted by molar-refractivity contribution is -0.137. The molecule has 0 bridgehead atoms. The lowest BCUT2D eigenvalue weighted by Gasteiger charge is -2.17. The van der Waals surface area contributed by atoms with E-state index in [2.05, 4.69) is 4.72 Å². The largest absolute Gasteiger partial charge is 0.481 e. The van der Waals surface area contributed by atoms with Crippen molar-refractivity contribution in [2.45, 2.75) is 25.7 Å². The number of carboxylic acids is 1. The minimum atomic E-state index is -3.71. The second-order valence-electron chi connectivity index (χ2n) is 4.91.